The van der Waals surface area contributed by atoms with Crippen LogP contribution in [-0.4, -0.2) is 30.6 Å². The SMILES string of the molecule is C=CCN(C(=O)Cc1ccc(OC)cc1)c1cc(-c2ccccc2)sc1C(=O)O. The number of anilines is 1. The van der Waals surface area contributed by atoms with Crippen LogP contribution in [0.15, 0.2) is 73.3 Å². The Morgan fingerprint density at radius 2 is 1.83 bits per heavy atom. The normalized spacial score (nSPS) is 10.4. The third-order valence-electron chi connectivity index (χ3n) is 4.38. The molecule has 1 N–H and O–H groups in total. The molecule has 0 saturated heterocycles. The minimum absolute atomic E-state index is 0.133. The molecular weight excluding hydrogens is 386 g/mol. The molecule has 1 aromatic heterocycles. The predicted molar refractivity (Wildman–Crippen MR) is 116 cm³/mol. The number of hydrogen-bond donors (Lipinski definition) is 1. The number of nitrogens with zero attached hydrogens (tertiary/aromatic N) is 1. The highest BCUT2D eigenvalue weighted by molar-refractivity contribution is 7.18. The van der Waals surface area contributed by atoms with E-state index in [1.165, 1.54) is 4.90 Å². The highest BCUT2D eigenvalue weighted by Crippen LogP contribution is 2.37. The number of ether oxygens (including phenoxy) is 1. The predicted octanol–water partition coefficient (Wildman–Crippen LogP) is 4.88. The fourth-order valence-electron chi connectivity index (χ4n) is 2.96. The number of hydrogen-bond acceptors (Lipinski definition) is 4. The van der Waals surface area contributed by atoms with Crippen LogP contribution in [0.4, 0.5) is 5.69 Å². The van der Waals surface area contributed by atoms with Gasteiger partial charge < -0.3 is 14.7 Å². The smallest absolute Gasteiger partial charge is 0.348 e. The molecule has 0 aliphatic carbocycles. The number of benzene rings is 2. The average Bonchev–Trinajstić information content (AvgIpc) is 3.18. The number of thiophene rings is 1. The second kappa shape index (κ2) is 9.21. The summed E-state index contributed by atoms with van der Waals surface area (Å²) in [5.41, 5.74) is 2.12. The molecule has 2 aromatic carbocycles. The van der Waals surface area contributed by atoms with E-state index in [4.69, 9.17) is 4.74 Å². The number of methoxy groups -OCH3 is 1. The van der Waals surface area contributed by atoms with Crippen molar-refractivity contribution in [2.45, 2.75) is 6.42 Å². The van der Waals surface area contributed by atoms with E-state index in [1.807, 2.05) is 42.5 Å². The summed E-state index contributed by atoms with van der Waals surface area (Å²) in [6, 6.07) is 18.5. The van der Waals surface area contributed by atoms with Crippen molar-refractivity contribution < 1.29 is 19.4 Å². The second-order valence-electron chi connectivity index (χ2n) is 6.31. The molecule has 0 fully saturated rings. The Hall–Kier alpha value is -3.38. The molecule has 0 radical (unpaired) electrons. The summed E-state index contributed by atoms with van der Waals surface area (Å²) in [5.74, 6) is -0.545. The van der Waals surface area contributed by atoms with E-state index in [2.05, 4.69) is 6.58 Å². The van der Waals surface area contributed by atoms with Crippen molar-refractivity contribution in [3.63, 3.8) is 0 Å². The van der Waals surface area contributed by atoms with E-state index in [1.54, 1.807) is 31.4 Å². The number of carboxylic acid groups (broad SMARTS) is 1. The molecule has 0 aliphatic heterocycles. The van der Waals surface area contributed by atoms with Gasteiger partial charge in [-0.2, -0.15) is 0 Å². The maximum absolute atomic E-state index is 13.0. The summed E-state index contributed by atoms with van der Waals surface area (Å²) < 4.78 is 5.14. The van der Waals surface area contributed by atoms with Gasteiger partial charge in [0.1, 0.15) is 10.6 Å². The van der Waals surface area contributed by atoms with Crippen molar-refractivity contribution in [2.75, 3.05) is 18.6 Å². The highest BCUT2D eigenvalue weighted by atomic mass is 32.1. The zero-order valence-electron chi connectivity index (χ0n) is 16.0. The van der Waals surface area contributed by atoms with Gasteiger partial charge in [0.2, 0.25) is 5.91 Å². The van der Waals surface area contributed by atoms with E-state index in [0.29, 0.717) is 11.4 Å². The van der Waals surface area contributed by atoms with Gasteiger partial charge in [0.25, 0.3) is 0 Å². The third-order valence-corrected chi connectivity index (χ3v) is 5.54. The molecule has 0 spiro atoms. The number of rotatable bonds is 8. The van der Waals surface area contributed by atoms with Gasteiger partial charge in [-0.25, -0.2) is 4.79 Å². The van der Waals surface area contributed by atoms with Crippen molar-refractivity contribution in [3.8, 4) is 16.2 Å². The van der Waals surface area contributed by atoms with Crippen LogP contribution in [0.3, 0.4) is 0 Å². The van der Waals surface area contributed by atoms with E-state index < -0.39 is 5.97 Å². The first-order valence-electron chi connectivity index (χ1n) is 9.00. The molecule has 0 saturated carbocycles. The van der Waals surface area contributed by atoms with Crippen LogP contribution < -0.4 is 9.64 Å². The zero-order valence-corrected chi connectivity index (χ0v) is 16.8. The van der Waals surface area contributed by atoms with Gasteiger partial charge in [0.15, 0.2) is 0 Å². The van der Waals surface area contributed by atoms with Crippen molar-refractivity contribution in [3.05, 3.63) is 83.8 Å². The summed E-state index contributed by atoms with van der Waals surface area (Å²) in [6.07, 6.45) is 1.74. The number of aromatic carboxylic acids is 1. The minimum Gasteiger partial charge on any atom is -0.497 e. The molecule has 0 aliphatic rings. The first kappa shape index (κ1) is 20.4. The van der Waals surface area contributed by atoms with Gasteiger partial charge in [-0.3, -0.25) is 4.79 Å². The van der Waals surface area contributed by atoms with Crippen LogP contribution in [0.1, 0.15) is 15.2 Å². The fourth-order valence-corrected chi connectivity index (χ4v) is 3.96. The lowest BCUT2D eigenvalue weighted by atomic mass is 10.1. The van der Waals surface area contributed by atoms with Crippen molar-refractivity contribution in [2.24, 2.45) is 0 Å². The van der Waals surface area contributed by atoms with Crippen LogP contribution >= 0.6 is 11.3 Å². The summed E-state index contributed by atoms with van der Waals surface area (Å²) in [7, 11) is 1.58. The monoisotopic (exact) mass is 407 g/mol. The molecular formula is C23H21NO4S. The molecule has 1 amide bonds. The average molecular weight is 407 g/mol. The Balaban J connectivity index is 1.94. The highest BCUT2D eigenvalue weighted by Gasteiger charge is 2.24. The second-order valence-corrected chi connectivity index (χ2v) is 7.37. The number of carboxylic acids is 1. The van der Waals surface area contributed by atoms with E-state index in [0.717, 1.165) is 27.3 Å². The molecule has 3 rings (SSSR count). The van der Waals surface area contributed by atoms with Crippen molar-refractivity contribution in [1.29, 1.82) is 0 Å². The van der Waals surface area contributed by atoms with Crippen LogP contribution in [0, 0.1) is 0 Å². The maximum atomic E-state index is 13.0. The van der Waals surface area contributed by atoms with Crippen LogP contribution in [0.5, 0.6) is 5.75 Å². The van der Waals surface area contributed by atoms with Gasteiger partial charge in [0.05, 0.1) is 19.2 Å². The Kier molecular flexibility index (Phi) is 6.46. The fraction of sp³-hybridized carbons (Fsp3) is 0.130. The van der Waals surface area contributed by atoms with Crippen molar-refractivity contribution in [1.82, 2.24) is 0 Å². The Bertz CT molecular complexity index is 1010. The summed E-state index contributed by atoms with van der Waals surface area (Å²) >= 11 is 1.16. The molecule has 5 nitrogen and oxygen atoms in total. The van der Waals surface area contributed by atoms with Crippen molar-refractivity contribution >= 4 is 28.9 Å². The van der Waals surface area contributed by atoms with Crippen LogP contribution in [0.25, 0.3) is 10.4 Å². The minimum atomic E-state index is -1.06. The molecule has 29 heavy (non-hydrogen) atoms. The maximum Gasteiger partial charge on any atom is 0.348 e. The molecule has 3 aromatic rings. The standard InChI is InChI=1S/C23H21NO4S/c1-3-13-24(21(25)14-16-9-11-18(28-2)12-10-16)19-15-20(29-22(19)23(26)27)17-7-5-4-6-8-17/h3-12,15H,1,13-14H2,2H3,(H,26,27). The molecule has 0 unspecified atom stereocenters. The lowest BCUT2D eigenvalue weighted by molar-refractivity contribution is -0.117. The van der Waals surface area contributed by atoms with Gasteiger partial charge in [0, 0.05) is 11.4 Å². The lowest BCUT2D eigenvalue weighted by Gasteiger charge is -2.21. The first-order valence-corrected chi connectivity index (χ1v) is 9.82. The number of amides is 1. The summed E-state index contributed by atoms with van der Waals surface area (Å²) in [5, 5.41) is 9.70. The Morgan fingerprint density at radius 3 is 2.41 bits per heavy atom. The Morgan fingerprint density at radius 1 is 1.14 bits per heavy atom. The van der Waals surface area contributed by atoms with Crippen LogP contribution in [0.2, 0.25) is 0 Å². The molecule has 0 bridgehead atoms. The van der Waals surface area contributed by atoms with Gasteiger partial charge in [-0.15, -0.1) is 17.9 Å². The molecule has 0 atom stereocenters. The molecule has 148 valence electrons. The van der Waals surface area contributed by atoms with E-state index >= 15 is 0 Å². The van der Waals surface area contributed by atoms with Gasteiger partial charge in [-0.1, -0.05) is 48.5 Å². The number of carbonyl (C=O) groups excluding carboxylic acids is 1. The largest absolute Gasteiger partial charge is 0.497 e. The third kappa shape index (κ3) is 4.73. The van der Waals surface area contributed by atoms with Gasteiger partial charge in [-0.05, 0) is 29.3 Å². The summed E-state index contributed by atoms with van der Waals surface area (Å²) in [6.45, 7) is 3.95. The van der Waals surface area contributed by atoms with E-state index in [-0.39, 0.29) is 23.7 Å². The summed E-state index contributed by atoms with van der Waals surface area (Å²) in [4.78, 5) is 27.3. The Labute approximate surface area is 173 Å². The zero-order chi connectivity index (χ0) is 20.8. The molecule has 6 heteroatoms. The topological polar surface area (TPSA) is 66.8 Å². The number of carbonyl (C=O) groups is 2. The quantitative estimate of drug-likeness (QED) is 0.540. The molecule has 1 heterocycles. The lowest BCUT2D eigenvalue weighted by Crippen LogP contribution is -2.33. The van der Waals surface area contributed by atoms with Crippen LogP contribution in [-0.2, 0) is 11.2 Å². The first-order chi connectivity index (χ1) is 14.0. The van der Waals surface area contributed by atoms with E-state index in [9.17, 15) is 14.7 Å². The van der Waals surface area contributed by atoms with Gasteiger partial charge >= 0.3 is 5.97 Å².